The van der Waals surface area contributed by atoms with Gasteiger partial charge in [0.15, 0.2) is 0 Å². The van der Waals surface area contributed by atoms with Gasteiger partial charge < -0.3 is 0 Å². The quantitative estimate of drug-likeness (QED) is 0.327. The van der Waals surface area contributed by atoms with Crippen molar-refractivity contribution in [3.8, 4) is 22.4 Å². The molecule has 0 N–H and O–H groups in total. The minimum Gasteiger partial charge on any atom is -0.256 e. The van der Waals surface area contributed by atoms with Crippen LogP contribution >= 0.6 is 0 Å². The molecule has 0 aliphatic rings. The normalized spacial score (nSPS) is 11.1. The summed E-state index contributed by atoms with van der Waals surface area (Å²) in [6.07, 6.45) is 1.92. The van der Waals surface area contributed by atoms with Gasteiger partial charge in [-0.05, 0) is 33.4 Å². The lowest BCUT2D eigenvalue weighted by atomic mass is 9.94. The van der Waals surface area contributed by atoms with Crippen LogP contribution in [0.1, 0.15) is 0 Å². The number of pyridine rings is 1. The number of nitrogens with zero attached hydrogens (tertiary/aromatic N) is 1. The third-order valence-electron chi connectivity index (χ3n) is 4.94. The van der Waals surface area contributed by atoms with Crippen LogP contribution < -0.4 is 0 Å². The smallest absolute Gasteiger partial charge is 0.0780 e. The first-order valence-electron chi connectivity index (χ1n) is 8.83. The lowest BCUT2D eigenvalue weighted by molar-refractivity contribution is 1.36. The van der Waals surface area contributed by atoms with Crippen molar-refractivity contribution in [1.29, 1.82) is 0 Å². The average molecular weight is 331 g/mol. The highest BCUT2D eigenvalue weighted by molar-refractivity contribution is 6.14. The zero-order chi connectivity index (χ0) is 17.3. The summed E-state index contributed by atoms with van der Waals surface area (Å²) in [4.78, 5) is 4.66. The van der Waals surface area contributed by atoms with Crippen molar-refractivity contribution in [1.82, 2.24) is 4.98 Å². The Bertz CT molecular complexity index is 1110. The molecule has 1 nitrogen and oxygen atoms in total. The van der Waals surface area contributed by atoms with Crippen molar-refractivity contribution in [2.75, 3.05) is 0 Å². The topological polar surface area (TPSA) is 12.9 Å². The third kappa shape index (κ3) is 2.37. The summed E-state index contributed by atoms with van der Waals surface area (Å²) in [5.41, 5.74) is 4.70. The molecule has 0 atom stereocenters. The molecule has 26 heavy (non-hydrogen) atoms. The van der Waals surface area contributed by atoms with E-state index in [0.717, 1.165) is 11.3 Å². The van der Waals surface area contributed by atoms with Crippen LogP contribution in [0, 0.1) is 0 Å². The summed E-state index contributed by atoms with van der Waals surface area (Å²) in [5, 5.41) is 4.98. The number of benzene rings is 4. The summed E-state index contributed by atoms with van der Waals surface area (Å²) in [6.45, 7) is 0. The fourth-order valence-corrected chi connectivity index (χ4v) is 3.72. The van der Waals surface area contributed by atoms with Gasteiger partial charge in [0.25, 0.3) is 0 Å². The number of fused-ring (bicyclic) bond motifs is 3. The van der Waals surface area contributed by atoms with Gasteiger partial charge in [-0.25, -0.2) is 0 Å². The molecule has 122 valence electrons. The van der Waals surface area contributed by atoms with Crippen LogP contribution in [0.4, 0.5) is 0 Å². The number of rotatable bonds is 2. The van der Waals surface area contributed by atoms with Crippen LogP contribution in [-0.2, 0) is 0 Å². The highest BCUT2D eigenvalue weighted by Gasteiger charge is 2.10. The molecule has 4 aromatic carbocycles. The van der Waals surface area contributed by atoms with Crippen LogP contribution in [-0.4, -0.2) is 4.98 Å². The Morgan fingerprint density at radius 1 is 0.423 bits per heavy atom. The second kappa shape index (κ2) is 6.12. The van der Waals surface area contributed by atoms with E-state index in [0.29, 0.717) is 0 Å². The number of hydrogen-bond donors (Lipinski definition) is 0. The fraction of sp³-hybridized carbons (Fsp3) is 0. The molecule has 0 radical (unpaired) electrons. The Morgan fingerprint density at radius 3 is 1.85 bits per heavy atom. The summed E-state index contributed by atoms with van der Waals surface area (Å²) in [6, 6.07) is 34.1. The van der Waals surface area contributed by atoms with Gasteiger partial charge >= 0.3 is 0 Å². The maximum Gasteiger partial charge on any atom is 0.0780 e. The van der Waals surface area contributed by atoms with Crippen LogP contribution in [0.5, 0.6) is 0 Å². The molecule has 1 heterocycles. The Hall–Kier alpha value is -3.45. The molecule has 0 unspecified atom stereocenters. The molecule has 0 saturated heterocycles. The van der Waals surface area contributed by atoms with E-state index in [1.54, 1.807) is 0 Å². The first-order valence-corrected chi connectivity index (χ1v) is 8.83. The first-order chi connectivity index (χ1) is 12.9. The van der Waals surface area contributed by atoms with Gasteiger partial charge in [0.1, 0.15) is 0 Å². The summed E-state index contributed by atoms with van der Waals surface area (Å²) >= 11 is 0. The first kappa shape index (κ1) is 14.9. The van der Waals surface area contributed by atoms with Gasteiger partial charge in [-0.1, -0.05) is 91.0 Å². The standard InChI is InChI=1S/C25H17N/c1-3-8-18(9-4-1)20-12-7-13-21-22(20)14-15-24-23(21)16-17-26-25(24)19-10-5-2-6-11-19/h1-17H. The minimum absolute atomic E-state index is 1.04. The molecule has 0 aliphatic heterocycles. The van der Waals surface area contributed by atoms with E-state index in [4.69, 9.17) is 0 Å². The van der Waals surface area contributed by atoms with E-state index >= 15 is 0 Å². The van der Waals surface area contributed by atoms with E-state index in [1.165, 1.54) is 32.7 Å². The number of hydrogen-bond acceptors (Lipinski definition) is 1. The maximum absolute atomic E-state index is 4.66. The molecule has 0 spiro atoms. The predicted molar refractivity (Wildman–Crippen MR) is 110 cm³/mol. The van der Waals surface area contributed by atoms with Crippen molar-refractivity contribution < 1.29 is 0 Å². The molecule has 1 aromatic heterocycles. The third-order valence-corrected chi connectivity index (χ3v) is 4.94. The minimum atomic E-state index is 1.04. The molecular weight excluding hydrogens is 314 g/mol. The molecule has 5 aromatic rings. The van der Waals surface area contributed by atoms with Crippen molar-refractivity contribution >= 4 is 21.5 Å². The van der Waals surface area contributed by atoms with Crippen LogP contribution in [0.2, 0.25) is 0 Å². The molecule has 0 aliphatic carbocycles. The van der Waals surface area contributed by atoms with Crippen LogP contribution in [0.25, 0.3) is 43.9 Å². The summed E-state index contributed by atoms with van der Waals surface area (Å²) in [7, 11) is 0. The van der Waals surface area contributed by atoms with Crippen molar-refractivity contribution in [3.05, 3.63) is 103 Å². The lowest BCUT2D eigenvalue weighted by Crippen LogP contribution is -1.88. The van der Waals surface area contributed by atoms with E-state index < -0.39 is 0 Å². The Morgan fingerprint density at radius 2 is 1.08 bits per heavy atom. The van der Waals surface area contributed by atoms with E-state index in [9.17, 15) is 0 Å². The van der Waals surface area contributed by atoms with Gasteiger partial charge in [-0.2, -0.15) is 0 Å². The molecular formula is C25H17N. The second-order valence-electron chi connectivity index (χ2n) is 6.45. The van der Waals surface area contributed by atoms with E-state index in [2.05, 4.69) is 96.0 Å². The lowest BCUT2D eigenvalue weighted by Gasteiger charge is -2.12. The Balaban J connectivity index is 1.82. The fourth-order valence-electron chi connectivity index (χ4n) is 3.72. The zero-order valence-corrected chi connectivity index (χ0v) is 14.3. The molecule has 0 saturated carbocycles. The molecule has 1 heteroatoms. The Kier molecular flexibility index (Phi) is 3.50. The number of aromatic nitrogens is 1. The van der Waals surface area contributed by atoms with Gasteiger partial charge in [-0.15, -0.1) is 0 Å². The highest BCUT2D eigenvalue weighted by atomic mass is 14.7. The maximum atomic E-state index is 4.66. The van der Waals surface area contributed by atoms with Crippen molar-refractivity contribution in [2.45, 2.75) is 0 Å². The van der Waals surface area contributed by atoms with Crippen LogP contribution in [0.15, 0.2) is 103 Å². The van der Waals surface area contributed by atoms with Crippen LogP contribution in [0.3, 0.4) is 0 Å². The van der Waals surface area contributed by atoms with Gasteiger partial charge in [-0.3, -0.25) is 4.98 Å². The van der Waals surface area contributed by atoms with Crippen molar-refractivity contribution in [2.24, 2.45) is 0 Å². The summed E-state index contributed by atoms with van der Waals surface area (Å²) in [5.74, 6) is 0. The highest BCUT2D eigenvalue weighted by Crippen LogP contribution is 2.35. The zero-order valence-electron chi connectivity index (χ0n) is 14.3. The van der Waals surface area contributed by atoms with E-state index in [1.807, 2.05) is 12.3 Å². The van der Waals surface area contributed by atoms with Gasteiger partial charge in [0.05, 0.1) is 5.69 Å². The SMILES string of the molecule is c1ccc(-c2cccc3c2ccc2c(-c4ccccc4)nccc23)cc1. The van der Waals surface area contributed by atoms with Gasteiger partial charge in [0, 0.05) is 17.1 Å². The monoisotopic (exact) mass is 331 g/mol. The molecule has 0 fully saturated rings. The molecule has 0 bridgehead atoms. The Labute approximate surface area is 152 Å². The predicted octanol–water partition coefficient (Wildman–Crippen LogP) is 6.72. The van der Waals surface area contributed by atoms with E-state index in [-0.39, 0.29) is 0 Å². The second-order valence-corrected chi connectivity index (χ2v) is 6.45. The summed E-state index contributed by atoms with van der Waals surface area (Å²) < 4.78 is 0. The van der Waals surface area contributed by atoms with Gasteiger partial charge in [0.2, 0.25) is 0 Å². The molecule has 0 amide bonds. The largest absolute Gasteiger partial charge is 0.256 e. The molecule has 5 rings (SSSR count). The average Bonchev–Trinajstić information content (AvgIpc) is 2.74. The van der Waals surface area contributed by atoms with Crippen molar-refractivity contribution in [3.63, 3.8) is 0 Å².